The lowest BCUT2D eigenvalue weighted by Crippen LogP contribution is -2.16. The van der Waals surface area contributed by atoms with Crippen LogP contribution < -0.4 is 0 Å². The molecule has 0 saturated carbocycles. The molecule has 0 radical (unpaired) electrons. The summed E-state index contributed by atoms with van der Waals surface area (Å²) in [5.41, 5.74) is 18.0. The minimum Gasteiger partial charge on any atom is -0.344 e. The molecule has 2 nitrogen and oxygen atoms in total. The van der Waals surface area contributed by atoms with Gasteiger partial charge in [-0.1, -0.05) is 153 Å². The zero-order chi connectivity index (χ0) is 38.2. The number of hydrogen-bond donors (Lipinski definition) is 0. The summed E-state index contributed by atoms with van der Waals surface area (Å²) in [5.74, 6) is 0. The van der Waals surface area contributed by atoms with Crippen molar-refractivity contribution in [3.05, 3.63) is 181 Å². The summed E-state index contributed by atoms with van der Waals surface area (Å²) in [5, 5.41) is 10.3. The lowest BCUT2D eigenvalue weighted by atomic mass is 9.77. The molecule has 11 aromatic rings. The molecule has 12 rings (SSSR count). The number of nitrogens with zero attached hydrogens (tertiary/aromatic N) is 2. The monoisotopic (exact) mass is 728 g/mol. The molecule has 0 aliphatic heterocycles. The Morgan fingerprint density at radius 1 is 0.333 bits per heavy atom. The van der Waals surface area contributed by atoms with E-state index in [0.717, 1.165) is 0 Å². The van der Waals surface area contributed by atoms with Crippen LogP contribution in [0.3, 0.4) is 0 Å². The molecule has 270 valence electrons. The fourth-order valence-electron chi connectivity index (χ4n) is 10.9. The van der Waals surface area contributed by atoms with Crippen molar-refractivity contribution in [3.8, 4) is 44.5 Å². The van der Waals surface area contributed by atoms with Gasteiger partial charge in [-0.05, 0) is 108 Å². The van der Waals surface area contributed by atoms with Crippen molar-refractivity contribution in [2.24, 2.45) is 14.1 Å². The van der Waals surface area contributed by atoms with E-state index in [2.05, 4.69) is 207 Å². The highest BCUT2D eigenvalue weighted by atomic mass is 14.9. The molecular weight excluding hydrogens is 689 g/mol. The summed E-state index contributed by atoms with van der Waals surface area (Å²) in [6.45, 7) is 4.82. The Morgan fingerprint density at radius 3 is 1.33 bits per heavy atom. The first kappa shape index (κ1) is 32.4. The predicted molar refractivity (Wildman–Crippen MR) is 243 cm³/mol. The normalized spacial score (nSPS) is 13.4. The summed E-state index contributed by atoms with van der Waals surface area (Å²) in [7, 11) is 4.39. The molecule has 0 saturated heterocycles. The topological polar surface area (TPSA) is 9.86 Å². The van der Waals surface area contributed by atoms with Crippen molar-refractivity contribution in [1.29, 1.82) is 0 Å². The SMILES string of the molecule is Cn1c2ccccc2c2c(-c3cccc4c(-c5cccc6c5C(C)(C)c5ccccc5-6)c5cccc(-c6cccc7c6c6ccccc6n7C)c5cc34)cccc21. The molecule has 2 heteroatoms. The molecule has 2 aromatic heterocycles. The van der Waals surface area contributed by atoms with Crippen LogP contribution in [-0.2, 0) is 19.5 Å². The van der Waals surface area contributed by atoms with Crippen LogP contribution in [0.15, 0.2) is 170 Å². The van der Waals surface area contributed by atoms with Crippen molar-refractivity contribution in [2.75, 3.05) is 0 Å². The standard InChI is InChI=1S/C55H40N2/c1-55(2)46-27-8-5-16-35(46)40-25-13-26-43(54(40)55)51-38-21-11-19-33(36-23-14-30-49-52(36)41-17-6-9-28-47(41)56(49)3)44(38)32-45-34(20-12-22-39(45)51)37-24-15-31-50-53(37)42-18-7-10-29-48(42)57(50)4/h5-32H,1-4H3. The van der Waals surface area contributed by atoms with Gasteiger partial charge in [0.15, 0.2) is 0 Å². The van der Waals surface area contributed by atoms with E-state index < -0.39 is 0 Å². The quantitative estimate of drug-likeness (QED) is 0.160. The molecule has 1 aliphatic rings. The van der Waals surface area contributed by atoms with Crippen LogP contribution in [0.5, 0.6) is 0 Å². The zero-order valence-electron chi connectivity index (χ0n) is 32.6. The highest BCUT2D eigenvalue weighted by molar-refractivity contribution is 6.24. The van der Waals surface area contributed by atoms with E-state index in [0.29, 0.717) is 0 Å². The first-order valence-corrected chi connectivity index (χ1v) is 20.1. The number of para-hydroxylation sites is 2. The molecule has 0 bridgehead atoms. The van der Waals surface area contributed by atoms with Gasteiger partial charge in [0.05, 0.1) is 0 Å². The van der Waals surface area contributed by atoms with Crippen molar-refractivity contribution >= 4 is 65.2 Å². The Bertz CT molecular complexity index is 3340. The fourth-order valence-corrected chi connectivity index (χ4v) is 10.9. The molecule has 57 heavy (non-hydrogen) atoms. The lowest BCUT2D eigenvalue weighted by molar-refractivity contribution is 0.662. The Morgan fingerprint density at radius 2 is 0.737 bits per heavy atom. The number of fused-ring (bicyclic) bond motifs is 11. The third-order valence-corrected chi connectivity index (χ3v) is 13.3. The van der Waals surface area contributed by atoms with Gasteiger partial charge in [-0.2, -0.15) is 0 Å². The van der Waals surface area contributed by atoms with E-state index in [-0.39, 0.29) is 5.41 Å². The van der Waals surface area contributed by atoms with E-state index in [1.165, 1.54) is 121 Å². The molecule has 9 aromatic carbocycles. The van der Waals surface area contributed by atoms with E-state index in [9.17, 15) is 0 Å². The minimum atomic E-state index is -0.171. The van der Waals surface area contributed by atoms with Crippen LogP contribution in [0.4, 0.5) is 0 Å². The average Bonchev–Trinajstić information content (AvgIpc) is 3.81. The molecule has 0 atom stereocenters. The first-order chi connectivity index (χ1) is 27.9. The van der Waals surface area contributed by atoms with Gasteiger partial charge in [0.2, 0.25) is 0 Å². The number of aromatic nitrogens is 2. The Labute approximate surface area is 331 Å². The summed E-state index contributed by atoms with van der Waals surface area (Å²) in [6.07, 6.45) is 0. The lowest BCUT2D eigenvalue weighted by Gasteiger charge is -2.26. The second-order valence-electron chi connectivity index (χ2n) is 16.5. The van der Waals surface area contributed by atoms with Gasteiger partial charge in [0.25, 0.3) is 0 Å². The molecule has 2 heterocycles. The van der Waals surface area contributed by atoms with E-state index in [4.69, 9.17) is 0 Å². The van der Waals surface area contributed by atoms with Crippen LogP contribution in [0, 0.1) is 0 Å². The maximum atomic E-state index is 2.51. The third kappa shape index (κ3) is 4.25. The smallest absolute Gasteiger partial charge is 0.0495 e. The molecule has 0 unspecified atom stereocenters. The Balaban J connectivity index is 1.26. The van der Waals surface area contributed by atoms with E-state index in [1.807, 2.05) is 0 Å². The highest BCUT2D eigenvalue weighted by Gasteiger charge is 2.38. The van der Waals surface area contributed by atoms with Crippen LogP contribution >= 0.6 is 0 Å². The van der Waals surface area contributed by atoms with Crippen LogP contribution in [0.1, 0.15) is 25.0 Å². The third-order valence-electron chi connectivity index (χ3n) is 13.3. The Hall–Kier alpha value is -6.90. The van der Waals surface area contributed by atoms with Gasteiger partial charge in [-0.15, -0.1) is 0 Å². The number of rotatable bonds is 3. The number of aryl methyl sites for hydroxylation is 2. The molecule has 0 amide bonds. The number of hydrogen-bond acceptors (Lipinski definition) is 0. The highest BCUT2D eigenvalue weighted by Crippen LogP contribution is 2.55. The molecular formula is C55H40N2. The first-order valence-electron chi connectivity index (χ1n) is 20.1. The summed E-state index contributed by atoms with van der Waals surface area (Å²) in [4.78, 5) is 0. The van der Waals surface area contributed by atoms with Gasteiger partial charge >= 0.3 is 0 Å². The molecule has 0 fully saturated rings. The second kappa shape index (κ2) is 11.6. The maximum Gasteiger partial charge on any atom is 0.0495 e. The van der Waals surface area contributed by atoms with Crippen LogP contribution in [-0.4, -0.2) is 9.13 Å². The van der Waals surface area contributed by atoms with Gasteiger partial charge in [0.1, 0.15) is 0 Å². The minimum absolute atomic E-state index is 0.171. The van der Waals surface area contributed by atoms with Crippen molar-refractivity contribution in [2.45, 2.75) is 19.3 Å². The van der Waals surface area contributed by atoms with Gasteiger partial charge in [0, 0.05) is 63.1 Å². The van der Waals surface area contributed by atoms with E-state index in [1.54, 1.807) is 0 Å². The molecule has 0 N–H and O–H groups in total. The largest absolute Gasteiger partial charge is 0.344 e. The predicted octanol–water partition coefficient (Wildman–Crippen LogP) is 14.6. The van der Waals surface area contributed by atoms with E-state index >= 15 is 0 Å². The summed E-state index contributed by atoms with van der Waals surface area (Å²) in [6, 6.07) is 63.8. The molecule has 0 spiro atoms. The second-order valence-corrected chi connectivity index (χ2v) is 16.5. The molecule has 1 aliphatic carbocycles. The summed E-state index contributed by atoms with van der Waals surface area (Å²) < 4.78 is 4.69. The summed E-state index contributed by atoms with van der Waals surface area (Å²) >= 11 is 0. The van der Waals surface area contributed by atoms with Crippen molar-refractivity contribution in [1.82, 2.24) is 9.13 Å². The average molecular weight is 729 g/mol. The van der Waals surface area contributed by atoms with Gasteiger partial charge in [-0.25, -0.2) is 0 Å². The zero-order valence-corrected chi connectivity index (χ0v) is 32.6. The van der Waals surface area contributed by atoms with Crippen LogP contribution in [0.25, 0.3) is 110 Å². The van der Waals surface area contributed by atoms with Crippen molar-refractivity contribution in [3.63, 3.8) is 0 Å². The van der Waals surface area contributed by atoms with Gasteiger partial charge in [-0.3, -0.25) is 0 Å². The fraction of sp³-hybridized carbons (Fsp3) is 0.0909. The van der Waals surface area contributed by atoms with Gasteiger partial charge < -0.3 is 9.13 Å². The van der Waals surface area contributed by atoms with Crippen molar-refractivity contribution < 1.29 is 0 Å². The maximum absolute atomic E-state index is 2.51. The number of benzene rings is 9. The van der Waals surface area contributed by atoms with Crippen LogP contribution in [0.2, 0.25) is 0 Å². The Kier molecular flexibility index (Phi) is 6.57.